The molecular formula is C14H19N3O4. The second-order valence-corrected chi connectivity index (χ2v) is 4.85. The third-order valence-electron chi connectivity index (χ3n) is 3.56. The number of carbonyl (C=O) groups excluding carboxylic acids is 1. The maximum absolute atomic E-state index is 12.3. The molecule has 2 amide bonds. The van der Waals surface area contributed by atoms with E-state index in [0.717, 1.165) is 5.56 Å². The van der Waals surface area contributed by atoms with Crippen LogP contribution in [0.25, 0.3) is 0 Å². The molecular weight excluding hydrogens is 274 g/mol. The highest BCUT2D eigenvalue weighted by atomic mass is 16.5. The number of carboxylic acid groups (broad SMARTS) is 1. The first-order valence-corrected chi connectivity index (χ1v) is 6.87. The van der Waals surface area contributed by atoms with Gasteiger partial charge in [-0.05, 0) is 24.6 Å². The van der Waals surface area contributed by atoms with Crippen molar-refractivity contribution in [2.75, 3.05) is 19.8 Å². The number of likely N-dealkylation sites (N-methyl/N-ethyl adjacent to an activating group) is 1. The van der Waals surface area contributed by atoms with Crippen LogP contribution in [0.2, 0.25) is 0 Å². The topological polar surface area (TPSA) is 91.8 Å². The smallest absolute Gasteiger partial charge is 0.318 e. The molecule has 2 unspecified atom stereocenters. The lowest BCUT2D eigenvalue weighted by Gasteiger charge is -2.29. The van der Waals surface area contributed by atoms with Crippen LogP contribution in [0.3, 0.4) is 0 Å². The number of hydrogen-bond donors (Lipinski definition) is 2. The fourth-order valence-corrected chi connectivity index (χ4v) is 2.39. The van der Waals surface area contributed by atoms with Gasteiger partial charge >= 0.3 is 12.0 Å². The monoisotopic (exact) mass is 293 g/mol. The molecule has 21 heavy (non-hydrogen) atoms. The number of carbonyl (C=O) groups is 2. The van der Waals surface area contributed by atoms with Crippen molar-refractivity contribution < 1.29 is 19.4 Å². The largest absolute Gasteiger partial charge is 0.481 e. The maximum atomic E-state index is 12.3. The summed E-state index contributed by atoms with van der Waals surface area (Å²) >= 11 is 0. The number of aromatic nitrogens is 1. The minimum Gasteiger partial charge on any atom is -0.481 e. The molecule has 7 heteroatoms. The Labute approximate surface area is 122 Å². The van der Waals surface area contributed by atoms with E-state index in [-0.39, 0.29) is 19.2 Å². The van der Waals surface area contributed by atoms with Gasteiger partial charge in [-0.15, -0.1) is 0 Å². The van der Waals surface area contributed by atoms with Crippen LogP contribution in [0.15, 0.2) is 24.5 Å². The Morgan fingerprint density at radius 3 is 2.76 bits per heavy atom. The second-order valence-electron chi connectivity index (χ2n) is 4.85. The second kappa shape index (κ2) is 7.03. The van der Waals surface area contributed by atoms with Gasteiger partial charge in [-0.3, -0.25) is 9.78 Å². The molecule has 1 fully saturated rings. The normalized spacial score (nSPS) is 21.0. The van der Waals surface area contributed by atoms with E-state index in [4.69, 9.17) is 4.74 Å². The number of hydrogen-bond acceptors (Lipinski definition) is 4. The number of carboxylic acids is 1. The van der Waals surface area contributed by atoms with Crippen molar-refractivity contribution in [1.82, 2.24) is 15.2 Å². The quantitative estimate of drug-likeness (QED) is 0.834. The molecule has 1 aliphatic heterocycles. The summed E-state index contributed by atoms with van der Waals surface area (Å²) in [7, 11) is 0. The van der Waals surface area contributed by atoms with Gasteiger partial charge in [0.1, 0.15) is 5.92 Å². The highest BCUT2D eigenvalue weighted by Gasteiger charge is 2.39. The number of pyridine rings is 1. The molecule has 2 heterocycles. The summed E-state index contributed by atoms with van der Waals surface area (Å²) in [5.41, 5.74) is 0.937. The number of aliphatic carboxylic acids is 1. The van der Waals surface area contributed by atoms with Crippen molar-refractivity contribution in [3.8, 4) is 0 Å². The predicted molar refractivity (Wildman–Crippen MR) is 74.6 cm³/mol. The van der Waals surface area contributed by atoms with Gasteiger partial charge in [0.05, 0.1) is 19.3 Å². The van der Waals surface area contributed by atoms with Crippen molar-refractivity contribution in [3.63, 3.8) is 0 Å². The van der Waals surface area contributed by atoms with Crippen molar-refractivity contribution in [3.05, 3.63) is 30.1 Å². The van der Waals surface area contributed by atoms with Crippen molar-refractivity contribution >= 4 is 12.0 Å². The van der Waals surface area contributed by atoms with E-state index < -0.39 is 17.9 Å². The summed E-state index contributed by atoms with van der Waals surface area (Å²) < 4.78 is 5.22. The number of amides is 2. The number of urea groups is 1. The lowest BCUT2D eigenvalue weighted by Crippen LogP contribution is -2.50. The first kappa shape index (κ1) is 15.2. The van der Waals surface area contributed by atoms with Gasteiger partial charge in [0.15, 0.2) is 0 Å². The highest BCUT2D eigenvalue weighted by Crippen LogP contribution is 2.20. The lowest BCUT2D eigenvalue weighted by atomic mass is 10.0. The Balaban J connectivity index is 1.97. The lowest BCUT2D eigenvalue weighted by molar-refractivity contribution is -0.142. The Bertz CT molecular complexity index is 494. The molecule has 2 N–H and O–H groups in total. The van der Waals surface area contributed by atoms with E-state index in [9.17, 15) is 14.7 Å². The van der Waals surface area contributed by atoms with Crippen LogP contribution in [0.1, 0.15) is 12.5 Å². The van der Waals surface area contributed by atoms with Crippen LogP contribution in [0.5, 0.6) is 0 Å². The molecule has 0 aromatic carbocycles. The zero-order valence-electron chi connectivity index (χ0n) is 11.9. The molecule has 1 saturated heterocycles. The molecule has 2 rings (SSSR count). The van der Waals surface area contributed by atoms with Gasteiger partial charge < -0.3 is 20.1 Å². The summed E-state index contributed by atoms with van der Waals surface area (Å²) in [6.07, 6.45) is 3.31. The van der Waals surface area contributed by atoms with Crippen LogP contribution in [-0.2, 0) is 16.1 Å². The number of rotatable bonds is 5. The molecule has 0 radical (unpaired) electrons. The minimum atomic E-state index is -0.933. The van der Waals surface area contributed by atoms with Crippen LogP contribution >= 0.6 is 0 Å². The minimum absolute atomic E-state index is 0.147. The molecule has 0 saturated carbocycles. The molecule has 0 spiro atoms. The molecule has 0 bridgehead atoms. The number of nitrogens with one attached hydrogen (secondary N) is 1. The van der Waals surface area contributed by atoms with Crippen molar-refractivity contribution in [1.29, 1.82) is 0 Å². The maximum Gasteiger partial charge on any atom is 0.318 e. The molecule has 7 nitrogen and oxygen atoms in total. The molecule has 114 valence electrons. The first-order chi connectivity index (χ1) is 10.1. The summed E-state index contributed by atoms with van der Waals surface area (Å²) in [5.74, 6) is -1.60. The molecule has 0 aliphatic carbocycles. The van der Waals surface area contributed by atoms with E-state index in [1.165, 1.54) is 4.90 Å². The third-order valence-corrected chi connectivity index (χ3v) is 3.56. The SMILES string of the molecule is CCN(C(=O)NCc1ccncc1)C1COCC1C(=O)O. The number of nitrogens with zero attached hydrogens (tertiary/aromatic N) is 2. The van der Waals surface area contributed by atoms with Crippen LogP contribution in [0, 0.1) is 5.92 Å². The summed E-state index contributed by atoms with van der Waals surface area (Å²) in [4.78, 5) is 28.9. The average Bonchev–Trinajstić information content (AvgIpc) is 2.96. The van der Waals surface area contributed by atoms with Crippen LogP contribution < -0.4 is 5.32 Å². The Kier molecular flexibility index (Phi) is 5.10. The van der Waals surface area contributed by atoms with Gasteiger partial charge in [-0.25, -0.2) is 4.79 Å². The zero-order chi connectivity index (χ0) is 15.2. The zero-order valence-corrected chi connectivity index (χ0v) is 11.9. The van der Waals surface area contributed by atoms with E-state index in [2.05, 4.69) is 10.3 Å². The Hall–Kier alpha value is -2.15. The predicted octanol–water partition coefficient (Wildman–Crippen LogP) is 0.713. The fraction of sp³-hybridized carbons (Fsp3) is 0.500. The summed E-state index contributed by atoms with van der Waals surface area (Å²) in [6, 6.07) is 2.92. The Morgan fingerprint density at radius 2 is 2.14 bits per heavy atom. The van der Waals surface area contributed by atoms with E-state index in [1.807, 2.05) is 19.1 Å². The average molecular weight is 293 g/mol. The van der Waals surface area contributed by atoms with Gasteiger partial charge in [-0.2, -0.15) is 0 Å². The van der Waals surface area contributed by atoms with Gasteiger partial charge in [-0.1, -0.05) is 0 Å². The van der Waals surface area contributed by atoms with Crippen LogP contribution in [-0.4, -0.2) is 52.8 Å². The van der Waals surface area contributed by atoms with E-state index >= 15 is 0 Å². The van der Waals surface area contributed by atoms with Gasteiger partial charge in [0.2, 0.25) is 0 Å². The fourth-order valence-electron chi connectivity index (χ4n) is 2.39. The number of ether oxygens (including phenoxy) is 1. The van der Waals surface area contributed by atoms with Gasteiger partial charge in [0.25, 0.3) is 0 Å². The van der Waals surface area contributed by atoms with Crippen molar-refractivity contribution in [2.24, 2.45) is 5.92 Å². The summed E-state index contributed by atoms with van der Waals surface area (Å²) in [5, 5.41) is 12.0. The molecule has 2 atom stereocenters. The Morgan fingerprint density at radius 1 is 1.43 bits per heavy atom. The molecule has 1 aromatic rings. The standard InChI is InChI=1S/C14H19N3O4/c1-2-17(12-9-21-8-11(12)13(18)19)14(20)16-7-10-3-5-15-6-4-10/h3-6,11-12H,2,7-9H2,1H3,(H,16,20)(H,18,19). The van der Waals surface area contributed by atoms with Gasteiger partial charge in [0, 0.05) is 25.5 Å². The summed E-state index contributed by atoms with van der Waals surface area (Å²) in [6.45, 7) is 3.04. The molecule has 1 aliphatic rings. The van der Waals surface area contributed by atoms with E-state index in [0.29, 0.717) is 13.1 Å². The highest BCUT2D eigenvalue weighted by molar-refractivity contribution is 5.77. The third kappa shape index (κ3) is 3.69. The van der Waals surface area contributed by atoms with E-state index in [1.54, 1.807) is 12.4 Å². The van der Waals surface area contributed by atoms with Crippen LogP contribution in [0.4, 0.5) is 4.79 Å². The first-order valence-electron chi connectivity index (χ1n) is 6.87. The van der Waals surface area contributed by atoms with Crippen molar-refractivity contribution in [2.45, 2.75) is 19.5 Å². The molecule has 1 aromatic heterocycles.